The summed E-state index contributed by atoms with van der Waals surface area (Å²) in [6.45, 7) is 10.2. The Kier molecular flexibility index (Phi) is 3.54. The standard InChI is InChI=1S/C13H23N3O/c1-13(2,3)11(17)4-6-15-8-9-16-7-5-14-12(16)10-15/h5,7,11,17H,4,6,8-10H2,1-3H3. The van der Waals surface area contributed by atoms with Crippen LogP contribution in [0.4, 0.5) is 0 Å². The van der Waals surface area contributed by atoms with Gasteiger partial charge < -0.3 is 9.67 Å². The zero-order chi connectivity index (χ0) is 12.5. The van der Waals surface area contributed by atoms with Gasteiger partial charge in [-0.1, -0.05) is 20.8 Å². The van der Waals surface area contributed by atoms with Gasteiger partial charge in [0.1, 0.15) is 5.82 Å². The summed E-state index contributed by atoms with van der Waals surface area (Å²) < 4.78 is 2.21. The maximum absolute atomic E-state index is 10.0. The van der Waals surface area contributed by atoms with E-state index in [0.29, 0.717) is 0 Å². The second-order valence-electron chi connectivity index (χ2n) is 5.98. The van der Waals surface area contributed by atoms with Crippen molar-refractivity contribution in [2.24, 2.45) is 5.41 Å². The molecular formula is C13H23N3O. The van der Waals surface area contributed by atoms with Crippen LogP contribution in [0.15, 0.2) is 12.4 Å². The Morgan fingerprint density at radius 2 is 2.18 bits per heavy atom. The lowest BCUT2D eigenvalue weighted by atomic mass is 9.87. The van der Waals surface area contributed by atoms with Crippen molar-refractivity contribution in [3.63, 3.8) is 0 Å². The number of hydrogen-bond acceptors (Lipinski definition) is 3. The molecule has 1 aliphatic heterocycles. The fourth-order valence-corrected chi connectivity index (χ4v) is 2.15. The average Bonchev–Trinajstić information content (AvgIpc) is 2.71. The Labute approximate surface area is 103 Å². The first kappa shape index (κ1) is 12.6. The third-order valence-electron chi connectivity index (χ3n) is 3.54. The van der Waals surface area contributed by atoms with Crippen molar-refractivity contribution in [1.82, 2.24) is 14.5 Å². The maximum Gasteiger partial charge on any atom is 0.122 e. The van der Waals surface area contributed by atoms with Crippen molar-refractivity contribution in [2.75, 3.05) is 13.1 Å². The summed E-state index contributed by atoms with van der Waals surface area (Å²) in [6.07, 6.45) is 4.51. The van der Waals surface area contributed by atoms with Crippen LogP contribution in [0.5, 0.6) is 0 Å². The molecule has 4 heteroatoms. The highest BCUT2D eigenvalue weighted by Gasteiger charge is 2.23. The van der Waals surface area contributed by atoms with Crippen LogP contribution in [0, 0.1) is 5.41 Å². The molecule has 0 bridgehead atoms. The molecule has 1 aliphatic rings. The molecule has 2 rings (SSSR count). The first-order valence-electron chi connectivity index (χ1n) is 6.37. The van der Waals surface area contributed by atoms with Gasteiger partial charge in [0.25, 0.3) is 0 Å². The van der Waals surface area contributed by atoms with E-state index in [9.17, 15) is 5.11 Å². The van der Waals surface area contributed by atoms with Gasteiger partial charge in [-0.3, -0.25) is 4.90 Å². The monoisotopic (exact) mass is 237 g/mol. The number of rotatable bonds is 3. The van der Waals surface area contributed by atoms with Crippen LogP contribution in [0.2, 0.25) is 0 Å². The van der Waals surface area contributed by atoms with Crippen molar-refractivity contribution in [3.05, 3.63) is 18.2 Å². The van der Waals surface area contributed by atoms with Gasteiger partial charge in [-0.15, -0.1) is 0 Å². The topological polar surface area (TPSA) is 41.3 Å². The molecule has 0 aliphatic carbocycles. The highest BCUT2D eigenvalue weighted by atomic mass is 16.3. The molecular weight excluding hydrogens is 214 g/mol. The van der Waals surface area contributed by atoms with Gasteiger partial charge in [-0.05, 0) is 11.8 Å². The van der Waals surface area contributed by atoms with Crippen LogP contribution in [0.3, 0.4) is 0 Å². The molecule has 0 radical (unpaired) electrons. The van der Waals surface area contributed by atoms with Gasteiger partial charge in [0.15, 0.2) is 0 Å². The van der Waals surface area contributed by atoms with E-state index in [1.807, 2.05) is 12.4 Å². The van der Waals surface area contributed by atoms with Gasteiger partial charge >= 0.3 is 0 Å². The van der Waals surface area contributed by atoms with E-state index in [2.05, 4.69) is 35.2 Å². The zero-order valence-corrected chi connectivity index (χ0v) is 11.1. The smallest absolute Gasteiger partial charge is 0.122 e. The third-order valence-corrected chi connectivity index (χ3v) is 3.54. The number of fused-ring (bicyclic) bond motifs is 1. The van der Waals surface area contributed by atoms with Crippen LogP contribution in [-0.4, -0.2) is 38.8 Å². The average molecular weight is 237 g/mol. The lowest BCUT2D eigenvalue weighted by Gasteiger charge is -2.31. The number of aromatic nitrogens is 2. The molecule has 1 aromatic heterocycles. The van der Waals surface area contributed by atoms with Crippen molar-refractivity contribution >= 4 is 0 Å². The largest absolute Gasteiger partial charge is 0.393 e. The minimum Gasteiger partial charge on any atom is -0.393 e. The minimum atomic E-state index is -0.232. The number of nitrogens with zero attached hydrogens (tertiary/aromatic N) is 3. The van der Waals surface area contributed by atoms with Crippen LogP contribution in [0.25, 0.3) is 0 Å². The molecule has 0 spiro atoms. The zero-order valence-electron chi connectivity index (χ0n) is 11.1. The molecule has 0 saturated carbocycles. The predicted molar refractivity (Wildman–Crippen MR) is 67.6 cm³/mol. The van der Waals surface area contributed by atoms with E-state index < -0.39 is 0 Å². The lowest BCUT2D eigenvalue weighted by Crippen LogP contribution is -2.37. The number of imidazole rings is 1. The van der Waals surface area contributed by atoms with Gasteiger partial charge in [-0.2, -0.15) is 0 Å². The summed E-state index contributed by atoms with van der Waals surface area (Å²) in [5, 5.41) is 10.0. The Bertz CT molecular complexity index is 367. The Hall–Kier alpha value is -0.870. The van der Waals surface area contributed by atoms with Crippen molar-refractivity contribution < 1.29 is 5.11 Å². The van der Waals surface area contributed by atoms with Crippen LogP contribution in [-0.2, 0) is 13.1 Å². The van der Waals surface area contributed by atoms with Gasteiger partial charge in [-0.25, -0.2) is 4.98 Å². The molecule has 2 heterocycles. The summed E-state index contributed by atoms with van der Waals surface area (Å²) in [5.41, 5.74) is -0.0196. The quantitative estimate of drug-likeness (QED) is 0.866. The molecule has 0 aromatic carbocycles. The maximum atomic E-state index is 10.0. The summed E-state index contributed by atoms with van der Waals surface area (Å²) in [6, 6.07) is 0. The van der Waals surface area contributed by atoms with E-state index in [1.54, 1.807) is 0 Å². The van der Waals surface area contributed by atoms with E-state index in [1.165, 1.54) is 0 Å². The highest BCUT2D eigenvalue weighted by molar-refractivity contribution is 4.95. The van der Waals surface area contributed by atoms with Gasteiger partial charge in [0.2, 0.25) is 0 Å². The summed E-state index contributed by atoms with van der Waals surface area (Å²) in [5.74, 6) is 1.14. The van der Waals surface area contributed by atoms with Gasteiger partial charge in [0, 0.05) is 32.0 Å². The van der Waals surface area contributed by atoms with E-state index in [-0.39, 0.29) is 11.5 Å². The minimum absolute atomic E-state index is 0.0196. The van der Waals surface area contributed by atoms with Crippen molar-refractivity contribution in [1.29, 1.82) is 0 Å². The third kappa shape index (κ3) is 3.07. The molecule has 4 nitrogen and oxygen atoms in total. The van der Waals surface area contributed by atoms with Crippen molar-refractivity contribution in [2.45, 2.75) is 46.4 Å². The highest BCUT2D eigenvalue weighted by Crippen LogP contribution is 2.22. The van der Waals surface area contributed by atoms with E-state index in [4.69, 9.17) is 0 Å². The second kappa shape index (κ2) is 4.78. The molecule has 0 saturated heterocycles. The molecule has 17 heavy (non-hydrogen) atoms. The Balaban J connectivity index is 1.83. The fraction of sp³-hybridized carbons (Fsp3) is 0.769. The molecule has 1 unspecified atom stereocenters. The number of aliphatic hydroxyl groups is 1. The van der Waals surface area contributed by atoms with Gasteiger partial charge in [0.05, 0.1) is 12.6 Å². The van der Waals surface area contributed by atoms with Crippen LogP contribution < -0.4 is 0 Å². The predicted octanol–water partition coefficient (Wildman–Crippen LogP) is 1.50. The number of aliphatic hydroxyl groups excluding tert-OH is 1. The SMILES string of the molecule is CC(C)(C)C(O)CCN1CCn2ccnc2C1. The fourth-order valence-electron chi connectivity index (χ4n) is 2.15. The summed E-state index contributed by atoms with van der Waals surface area (Å²) in [4.78, 5) is 6.71. The normalized spacial score (nSPS) is 19.1. The first-order valence-corrected chi connectivity index (χ1v) is 6.37. The van der Waals surface area contributed by atoms with Crippen LogP contribution in [0.1, 0.15) is 33.0 Å². The Morgan fingerprint density at radius 1 is 1.41 bits per heavy atom. The molecule has 1 N–H and O–H groups in total. The molecule has 96 valence electrons. The second-order valence-corrected chi connectivity index (χ2v) is 5.98. The molecule has 1 atom stereocenters. The van der Waals surface area contributed by atoms with Crippen molar-refractivity contribution in [3.8, 4) is 0 Å². The van der Waals surface area contributed by atoms with E-state index >= 15 is 0 Å². The summed E-state index contributed by atoms with van der Waals surface area (Å²) >= 11 is 0. The molecule has 0 fully saturated rings. The number of hydrogen-bond donors (Lipinski definition) is 1. The Morgan fingerprint density at radius 3 is 2.88 bits per heavy atom. The van der Waals surface area contributed by atoms with E-state index in [0.717, 1.165) is 38.4 Å². The lowest BCUT2D eigenvalue weighted by molar-refractivity contribution is 0.0425. The van der Waals surface area contributed by atoms with Crippen LogP contribution >= 0.6 is 0 Å². The molecule has 1 aromatic rings. The summed E-state index contributed by atoms with van der Waals surface area (Å²) in [7, 11) is 0. The molecule has 0 amide bonds. The first-order chi connectivity index (χ1) is 7.97.